The molecule has 14 heteroatoms. The van der Waals surface area contributed by atoms with E-state index in [1.165, 1.54) is 4.57 Å². The number of nitrogens with zero attached hydrogens (tertiary/aromatic N) is 3. The summed E-state index contributed by atoms with van der Waals surface area (Å²) >= 11 is 0. The van der Waals surface area contributed by atoms with Crippen LogP contribution in [0, 0.1) is 0 Å². The minimum Gasteiger partial charge on any atom is -0.480 e. The molecule has 216 valence electrons. The number of aromatic nitrogens is 3. The summed E-state index contributed by atoms with van der Waals surface area (Å²) in [5.74, 6) is -1.26. The third-order valence-corrected chi connectivity index (χ3v) is 6.94. The molecule has 0 saturated heterocycles. The maximum Gasteiger partial charge on any atom is 0.320 e. The predicted octanol–water partition coefficient (Wildman–Crippen LogP) is 2.44. The number of carbonyl (C=O) groups excluding carboxylic acids is 1. The summed E-state index contributed by atoms with van der Waals surface area (Å²) in [6, 6.07) is 10.8. The molecule has 0 spiro atoms. The van der Waals surface area contributed by atoms with Crippen LogP contribution in [0.4, 0.5) is 17.2 Å². The van der Waals surface area contributed by atoms with Gasteiger partial charge in [0.05, 0.1) is 17.8 Å². The molecule has 3 aromatic heterocycles. The third kappa shape index (κ3) is 6.01. The number of ether oxygens (including phenoxy) is 1. The average molecular weight is 584 g/mol. The molecule has 1 fully saturated rings. The Morgan fingerprint density at radius 1 is 1.20 bits per heavy atom. The lowest BCUT2D eigenvalue weighted by molar-refractivity contribution is -0.138. The topological polar surface area (TPSA) is 187 Å². The highest BCUT2D eigenvalue weighted by Gasteiger charge is 2.34. The summed E-state index contributed by atoms with van der Waals surface area (Å²) in [6.45, 7) is 0. The number of nitrogens with one attached hydrogen (secondary N) is 3. The minimum atomic E-state index is -1.08. The molecule has 6 N–H and O–H groups in total. The Kier molecular flexibility index (Phi) is 8.91. The van der Waals surface area contributed by atoms with E-state index in [-0.39, 0.29) is 53.5 Å². The van der Waals surface area contributed by atoms with Crippen LogP contribution >= 0.6 is 12.4 Å². The van der Waals surface area contributed by atoms with Crippen molar-refractivity contribution >= 4 is 52.5 Å². The number of carboxylic acids is 1. The number of aliphatic carboxylic acids is 1. The van der Waals surface area contributed by atoms with E-state index in [1.807, 2.05) is 0 Å². The fourth-order valence-electron chi connectivity index (χ4n) is 4.54. The Balaban J connectivity index is 0.00000387. The summed E-state index contributed by atoms with van der Waals surface area (Å²) in [6.07, 6.45) is 3.42. The van der Waals surface area contributed by atoms with Gasteiger partial charge in [0.25, 0.3) is 11.5 Å². The number of rotatable bonds is 10. The highest BCUT2D eigenvalue weighted by molar-refractivity contribution is 6.05. The van der Waals surface area contributed by atoms with E-state index in [9.17, 15) is 14.4 Å². The van der Waals surface area contributed by atoms with Crippen molar-refractivity contribution in [3.05, 3.63) is 70.3 Å². The van der Waals surface area contributed by atoms with E-state index in [2.05, 4.69) is 26.1 Å². The van der Waals surface area contributed by atoms with Gasteiger partial charge in [-0.15, -0.1) is 12.4 Å². The van der Waals surface area contributed by atoms with Gasteiger partial charge in [-0.1, -0.05) is 17.3 Å². The van der Waals surface area contributed by atoms with Crippen molar-refractivity contribution in [2.24, 2.45) is 5.73 Å². The normalized spacial score (nSPS) is 16.8. The second-order valence-electron chi connectivity index (χ2n) is 9.48. The molecule has 3 atom stereocenters. The van der Waals surface area contributed by atoms with Crippen molar-refractivity contribution < 1.29 is 24.0 Å². The number of nitrogens with two attached hydrogens (primary N) is 1. The number of carboxylic acid groups (broad SMARTS) is 1. The molecule has 1 aliphatic carbocycles. The quantitative estimate of drug-likeness (QED) is 0.184. The average Bonchev–Trinajstić information content (AvgIpc) is 3.36. The number of carbonyl (C=O) groups is 2. The lowest BCUT2D eigenvalue weighted by Crippen LogP contribution is -2.51. The largest absolute Gasteiger partial charge is 0.480 e. The maximum absolute atomic E-state index is 13.3. The Hall–Kier alpha value is -4.46. The highest BCUT2D eigenvalue weighted by atomic mass is 35.5. The number of halogens is 1. The van der Waals surface area contributed by atoms with Gasteiger partial charge in [-0.3, -0.25) is 19.0 Å². The lowest BCUT2D eigenvalue weighted by Gasteiger charge is -2.35. The molecule has 0 aliphatic heterocycles. The van der Waals surface area contributed by atoms with E-state index in [0.717, 1.165) is 18.4 Å². The fraction of sp³-hybridized carbons (Fsp3) is 0.296. The SMILES string of the molecule is CNc1cc(Nc2cccn(-c3ccc(C[C@H](N)C(=O)O)cc3)c2=O)nc2c(C(=O)N[C@@H]3CC[C@H]3OC)onc12.Cl. The van der Waals surface area contributed by atoms with Gasteiger partial charge < -0.3 is 36.1 Å². The molecule has 1 saturated carbocycles. The van der Waals surface area contributed by atoms with Crippen molar-refractivity contribution in [3.63, 3.8) is 0 Å². The van der Waals surface area contributed by atoms with E-state index >= 15 is 0 Å². The Labute approximate surface area is 240 Å². The van der Waals surface area contributed by atoms with Crippen LogP contribution in [0.5, 0.6) is 0 Å². The zero-order valence-electron chi connectivity index (χ0n) is 22.3. The first-order valence-electron chi connectivity index (χ1n) is 12.7. The predicted molar refractivity (Wildman–Crippen MR) is 155 cm³/mol. The molecule has 13 nitrogen and oxygen atoms in total. The van der Waals surface area contributed by atoms with Crippen molar-refractivity contribution in [3.8, 4) is 5.69 Å². The van der Waals surface area contributed by atoms with Gasteiger partial charge in [-0.2, -0.15) is 0 Å². The molecule has 1 amide bonds. The Morgan fingerprint density at radius 2 is 1.95 bits per heavy atom. The van der Waals surface area contributed by atoms with Gasteiger partial charge >= 0.3 is 5.97 Å². The standard InChI is InChI=1S/C27H29N7O6.ClH/c1-29-19-13-21(32-23-22(19)33-40-24(23)25(35)31-17-9-10-20(17)39-2)30-18-4-3-11-34(26(18)36)15-7-5-14(6-8-15)12-16(28)27(37)38;/h3-8,11,13,16-17,20,29H,9-10,12,28H2,1-2H3,(H,30,32)(H,31,35)(H,37,38);1H/t16-,17+,20+;/m0./s1. The molecule has 41 heavy (non-hydrogen) atoms. The van der Waals surface area contributed by atoms with Gasteiger partial charge in [-0.05, 0) is 49.1 Å². The number of methoxy groups -OCH3 is 1. The van der Waals surface area contributed by atoms with Crippen LogP contribution in [0.3, 0.4) is 0 Å². The van der Waals surface area contributed by atoms with Gasteiger partial charge in [0.15, 0.2) is 5.52 Å². The summed E-state index contributed by atoms with van der Waals surface area (Å²) in [4.78, 5) is 41.9. The van der Waals surface area contributed by atoms with Crippen LogP contribution in [0.1, 0.15) is 29.0 Å². The second-order valence-corrected chi connectivity index (χ2v) is 9.48. The minimum absolute atomic E-state index is 0. The second kappa shape index (κ2) is 12.4. The van der Waals surface area contributed by atoms with Gasteiger partial charge in [-0.25, -0.2) is 4.98 Å². The summed E-state index contributed by atoms with van der Waals surface area (Å²) < 4.78 is 12.2. The van der Waals surface area contributed by atoms with Gasteiger partial charge in [0.1, 0.15) is 23.1 Å². The van der Waals surface area contributed by atoms with E-state index in [1.54, 1.807) is 62.8 Å². The van der Waals surface area contributed by atoms with Crippen LogP contribution < -0.4 is 27.2 Å². The summed E-state index contributed by atoms with van der Waals surface area (Å²) in [5.41, 5.74) is 8.02. The van der Waals surface area contributed by atoms with Gasteiger partial charge in [0, 0.05) is 32.1 Å². The molecule has 1 aliphatic rings. The Bertz CT molecular complexity index is 1620. The van der Waals surface area contributed by atoms with Crippen molar-refractivity contribution in [2.45, 2.75) is 37.5 Å². The van der Waals surface area contributed by atoms with Gasteiger partial charge in [0.2, 0.25) is 5.76 Å². The third-order valence-electron chi connectivity index (χ3n) is 6.94. The van der Waals surface area contributed by atoms with E-state index < -0.39 is 17.9 Å². The van der Waals surface area contributed by atoms with Crippen LogP contribution in [-0.4, -0.2) is 64.0 Å². The fourth-order valence-corrected chi connectivity index (χ4v) is 4.54. The number of pyridine rings is 2. The molecule has 0 bridgehead atoms. The molecule has 1 aromatic carbocycles. The molecular formula is C27H30ClN7O6. The molecule has 5 rings (SSSR count). The smallest absolute Gasteiger partial charge is 0.320 e. The zero-order chi connectivity index (χ0) is 28.4. The van der Waals surface area contributed by atoms with Crippen molar-refractivity contribution in [1.29, 1.82) is 0 Å². The highest BCUT2D eigenvalue weighted by Crippen LogP contribution is 2.29. The zero-order valence-corrected chi connectivity index (χ0v) is 23.1. The Morgan fingerprint density at radius 3 is 2.59 bits per heavy atom. The van der Waals surface area contributed by atoms with Crippen LogP contribution in [0.25, 0.3) is 16.7 Å². The molecule has 0 radical (unpaired) electrons. The van der Waals surface area contributed by atoms with Crippen LogP contribution in [-0.2, 0) is 16.0 Å². The molecule has 0 unspecified atom stereocenters. The number of hydrogen-bond donors (Lipinski definition) is 5. The molecule has 3 heterocycles. The maximum atomic E-state index is 13.3. The van der Waals surface area contributed by atoms with Crippen LogP contribution in [0.2, 0.25) is 0 Å². The number of benzene rings is 1. The molecular weight excluding hydrogens is 554 g/mol. The summed E-state index contributed by atoms with van der Waals surface area (Å²) in [7, 11) is 3.31. The number of anilines is 3. The summed E-state index contributed by atoms with van der Waals surface area (Å²) in [5, 5.41) is 22.0. The van der Waals surface area contributed by atoms with Crippen molar-refractivity contribution in [1.82, 2.24) is 20.0 Å². The lowest BCUT2D eigenvalue weighted by atomic mass is 9.89. The first-order valence-corrected chi connectivity index (χ1v) is 12.7. The molecule has 4 aromatic rings. The number of amides is 1. The number of fused-ring (bicyclic) bond motifs is 1. The number of hydrogen-bond acceptors (Lipinski definition) is 10. The van der Waals surface area contributed by atoms with E-state index in [4.69, 9.17) is 20.1 Å². The first kappa shape index (κ1) is 29.5. The monoisotopic (exact) mass is 583 g/mol. The van der Waals surface area contributed by atoms with Crippen LogP contribution in [0.15, 0.2) is 58.0 Å². The van der Waals surface area contributed by atoms with E-state index in [0.29, 0.717) is 22.7 Å². The van der Waals surface area contributed by atoms with Crippen molar-refractivity contribution in [2.75, 3.05) is 24.8 Å². The first-order chi connectivity index (χ1) is 19.3.